The Morgan fingerprint density at radius 3 is 2.19 bits per heavy atom. The summed E-state index contributed by atoms with van der Waals surface area (Å²) in [7, 11) is 3.74. The molecule has 1 heterocycles. The van der Waals surface area contributed by atoms with Crippen LogP contribution in [0.3, 0.4) is 0 Å². The average molecular weight is 354 g/mol. The SMILES string of the molecule is CN1C[C@@H](Cc2ccccc2)NC1=O.CNC[C@H](N)Cc1ccccc1. The largest absolute Gasteiger partial charge is 0.333 e. The minimum atomic E-state index is 0.0333. The van der Waals surface area contributed by atoms with Crippen molar-refractivity contribution in [3.05, 3.63) is 71.8 Å². The molecule has 0 radical (unpaired) electrons. The first-order valence-corrected chi connectivity index (χ1v) is 9.08. The lowest BCUT2D eigenvalue weighted by Gasteiger charge is -2.09. The normalized spacial score (nSPS) is 17.3. The van der Waals surface area contributed by atoms with Crippen LogP contribution in [0.1, 0.15) is 11.1 Å². The van der Waals surface area contributed by atoms with Crippen molar-refractivity contribution < 1.29 is 4.79 Å². The summed E-state index contributed by atoms with van der Waals surface area (Å²) in [6.07, 6.45) is 1.86. The van der Waals surface area contributed by atoms with E-state index in [-0.39, 0.29) is 18.1 Å². The van der Waals surface area contributed by atoms with Crippen LogP contribution in [0.4, 0.5) is 4.79 Å². The monoisotopic (exact) mass is 354 g/mol. The molecule has 5 nitrogen and oxygen atoms in total. The van der Waals surface area contributed by atoms with Gasteiger partial charge >= 0.3 is 6.03 Å². The topological polar surface area (TPSA) is 70.4 Å². The van der Waals surface area contributed by atoms with E-state index in [1.807, 2.05) is 50.5 Å². The molecule has 2 atom stereocenters. The average Bonchev–Trinajstić information content (AvgIpc) is 2.95. The van der Waals surface area contributed by atoms with Gasteiger partial charge in [0.25, 0.3) is 0 Å². The van der Waals surface area contributed by atoms with Crippen molar-refractivity contribution >= 4 is 6.03 Å². The van der Waals surface area contributed by atoms with Gasteiger partial charge in [0.2, 0.25) is 0 Å². The van der Waals surface area contributed by atoms with Gasteiger partial charge in [0, 0.05) is 26.2 Å². The number of hydrogen-bond donors (Lipinski definition) is 3. The van der Waals surface area contributed by atoms with E-state index in [4.69, 9.17) is 5.73 Å². The van der Waals surface area contributed by atoms with Crippen molar-refractivity contribution in [1.82, 2.24) is 15.5 Å². The molecule has 0 spiro atoms. The summed E-state index contributed by atoms with van der Waals surface area (Å²) in [6.45, 7) is 1.67. The highest BCUT2D eigenvalue weighted by Crippen LogP contribution is 2.08. The molecular weight excluding hydrogens is 324 g/mol. The highest BCUT2D eigenvalue weighted by Gasteiger charge is 2.25. The third-order valence-corrected chi connectivity index (χ3v) is 4.30. The van der Waals surface area contributed by atoms with Crippen molar-refractivity contribution in [1.29, 1.82) is 0 Å². The first-order chi connectivity index (χ1) is 12.6. The number of nitrogens with one attached hydrogen (secondary N) is 2. The predicted molar refractivity (Wildman–Crippen MR) is 107 cm³/mol. The van der Waals surface area contributed by atoms with E-state index in [2.05, 4.69) is 34.9 Å². The molecule has 5 heteroatoms. The molecule has 4 N–H and O–H groups in total. The lowest BCUT2D eigenvalue weighted by atomic mass is 10.1. The van der Waals surface area contributed by atoms with Crippen molar-refractivity contribution in [2.75, 3.05) is 27.2 Å². The summed E-state index contributed by atoms with van der Waals surface area (Å²) < 4.78 is 0. The maximum Gasteiger partial charge on any atom is 0.317 e. The standard InChI is InChI=1S/C11H14N2O.C10H16N2/c1-13-8-10(12-11(13)14)7-9-5-3-2-4-6-9;1-12-8-10(11)7-9-5-3-2-4-6-9/h2-6,10H,7-8H2,1H3,(H,12,14);2-6,10,12H,7-8,11H2,1H3/t2*10-/m11/s1. The number of nitrogens with zero attached hydrogens (tertiary/aromatic N) is 1. The third kappa shape index (κ3) is 6.86. The molecule has 2 aromatic carbocycles. The minimum Gasteiger partial charge on any atom is -0.333 e. The number of benzene rings is 2. The highest BCUT2D eigenvalue weighted by atomic mass is 16.2. The van der Waals surface area contributed by atoms with Crippen LogP contribution < -0.4 is 16.4 Å². The molecule has 0 aromatic heterocycles. The zero-order chi connectivity index (χ0) is 18.8. The van der Waals surface area contributed by atoms with Gasteiger partial charge in [0.1, 0.15) is 0 Å². The molecule has 140 valence electrons. The Labute approximate surface area is 156 Å². The Morgan fingerprint density at radius 2 is 1.69 bits per heavy atom. The molecule has 0 saturated carbocycles. The van der Waals surface area contributed by atoms with Crippen molar-refractivity contribution in [3.63, 3.8) is 0 Å². The van der Waals surface area contributed by atoms with Gasteiger partial charge in [-0.25, -0.2) is 4.79 Å². The molecule has 26 heavy (non-hydrogen) atoms. The smallest absolute Gasteiger partial charge is 0.317 e. The van der Waals surface area contributed by atoms with Crippen LogP contribution >= 0.6 is 0 Å². The van der Waals surface area contributed by atoms with Crippen molar-refractivity contribution in [2.45, 2.75) is 24.9 Å². The van der Waals surface area contributed by atoms with Gasteiger partial charge in [0.05, 0.1) is 6.04 Å². The molecule has 1 aliphatic rings. The lowest BCUT2D eigenvalue weighted by molar-refractivity contribution is 0.226. The van der Waals surface area contributed by atoms with E-state index in [1.165, 1.54) is 11.1 Å². The molecule has 2 amide bonds. The van der Waals surface area contributed by atoms with Gasteiger partial charge in [0.15, 0.2) is 0 Å². The molecule has 0 aliphatic carbocycles. The van der Waals surface area contributed by atoms with Crippen LogP contribution in [0.5, 0.6) is 0 Å². The number of hydrogen-bond acceptors (Lipinski definition) is 3. The van der Waals surface area contributed by atoms with E-state index in [0.717, 1.165) is 25.9 Å². The van der Waals surface area contributed by atoms with Gasteiger partial charge in [-0.15, -0.1) is 0 Å². The molecule has 2 aromatic rings. The second-order valence-corrected chi connectivity index (χ2v) is 6.72. The molecule has 1 aliphatic heterocycles. The fraction of sp³-hybridized carbons (Fsp3) is 0.381. The van der Waals surface area contributed by atoms with Crippen molar-refractivity contribution in [2.24, 2.45) is 5.73 Å². The first kappa shape index (κ1) is 19.9. The summed E-state index contributed by atoms with van der Waals surface area (Å²) >= 11 is 0. The summed E-state index contributed by atoms with van der Waals surface area (Å²) in [5.74, 6) is 0. The number of nitrogens with two attached hydrogens (primary N) is 1. The maximum absolute atomic E-state index is 11.2. The lowest BCUT2D eigenvalue weighted by Crippen LogP contribution is -2.33. The Kier molecular flexibility index (Phi) is 8.12. The van der Waals surface area contributed by atoms with Crippen LogP contribution in [-0.2, 0) is 12.8 Å². The number of carbonyl (C=O) groups is 1. The fourth-order valence-corrected chi connectivity index (χ4v) is 3.01. The summed E-state index contributed by atoms with van der Waals surface area (Å²) in [5.41, 5.74) is 8.43. The van der Waals surface area contributed by atoms with Crippen molar-refractivity contribution in [3.8, 4) is 0 Å². The van der Waals surface area contributed by atoms with Gasteiger partial charge in [-0.3, -0.25) is 0 Å². The molecular formula is C21H30N4O. The Balaban J connectivity index is 0.000000190. The van der Waals surface area contributed by atoms with E-state index >= 15 is 0 Å². The Bertz CT molecular complexity index is 648. The second-order valence-electron chi connectivity index (χ2n) is 6.72. The molecule has 0 bridgehead atoms. The number of likely N-dealkylation sites (N-methyl/N-ethyl adjacent to an activating group) is 2. The minimum absolute atomic E-state index is 0.0333. The predicted octanol–water partition coefficient (Wildman–Crippen LogP) is 2.03. The number of urea groups is 1. The Morgan fingerprint density at radius 1 is 1.12 bits per heavy atom. The van der Waals surface area contributed by atoms with E-state index < -0.39 is 0 Å². The van der Waals surface area contributed by atoms with E-state index in [1.54, 1.807) is 4.90 Å². The third-order valence-electron chi connectivity index (χ3n) is 4.30. The summed E-state index contributed by atoms with van der Waals surface area (Å²) in [4.78, 5) is 12.9. The van der Waals surface area contributed by atoms with Gasteiger partial charge in [-0.2, -0.15) is 0 Å². The van der Waals surface area contributed by atoms with Crippen LogP contribution in [-0.4, -0.2) is 50.2 Å². The highest BCUT2D eigenvalue weighted by molar-refractivity contribution is 5.76. The van der Waals surface area contributed by atoms with Crippen LogP contribution in [0.2, 0.25) is 0 Å². The number of amides is 2. The fourth-order valence-electron chi connectivity index (χ4n) is 3.01. The zero-order valence-corrected chi connectivity index (χ0v) is 15.7. The number of carbonyl (C=O) groups excluding carboxylic acids is 1. The van der Waals surface area contributed by atoms with Crippen LogP contribution in [0.25, 0.3) is 0 Å². The van der Waals surface area contributed by atoms with Crippen LogP contribution in [0.15, 0.2) is 60.7 Å². The van der Waals surface area contributed by atoms with Gasteiger partial charge in [-0.05, 0) is 31.0 Å². The van der Waals surface area contributed by atoms with Gasteiger partial charge in [-0.1, -0.05) is 60.7 Å². The van der Waals surface area contributed by atoms with Crippen LogP contribution in [0, 0.1) is 0 Å². The zero-order valence-electron chi connectivity index (χ0n) is 15.7. The summed E-state index contributed by atoms with van der Waals surface area (Å²) in [6, 6.07) is 21.1. The summed E-state index contributed by atoms with van der Waals surface area (Å²) in [5, 5.41) is 6.00. The molecule has 3 rings (SSSR count). The molecule has 1 saturated heterocycles. The second kappa shape index (κ2) is 10.6. The number of rotatable bonds is 6. The first-order valence-electron chi connectivity index (χ1n) is 9.08. The molecule has 1 fully saturated rings. The Hall–Kier alpha value is -2.37. The quantitative estimate of drug-likeness (QED) is 0.743. The maximum atomic E-state index is 11.2. The van der Waals surface area contributed by atoms with E-state index in [0.29, 0.717) is 0 Å². The van der Waals surface area contributed by atoms with Gasteiger partial charge < -0.3 is 21.3 Å². The van der Waals surface area contributed by atoms with E-state index in [9.17, 15) is 4.79 Å². The molecule has 0 unspecified atom stereocenters.